The van der Waals surface area contributed by atoms with Gasteiger partial charge in [-0.05, 0) is 40.2 Å². The minimum atomic E-state index is -0.0943. The molecule has 1 rings (SSSR count). The van der Waals surface area contributed by atoms with Crippen molar-refractivity contribution in [2.24, 2.45) is 5.73 Å². The molecule has 0 aliphatic rings. The van der Waals surface area contributed by atoms with Crippen LogP contribution in [-0.2, 0) is 17.7 Å². The Kier molecular flexibility index (Phi) is 4.89. The molecule has 0 radical (unpaired) electrons. The van der Waals surface area contributed by atoms with Gasteiger partial charge in [0.05, 0.1) is 24.4 Å². The average Bonchev–Trinajstić information content (AvgIpc) is 2.61. The van der Waals surface area contributed by atoms with E-state index in [0.717, 1.165) is 25.1 Å². The predicted octanol–water partition coefficient (Wildman–Crippen LogP) is 0.984. The lowest BCUT2D eigenvalue weighted by atomic mass is 10.2. The summed E-state index contributed by atoms with van der Waals surface area (Å²) in [7, 11) is 0. The van der Waals surface area contributed by atoms with E-state index in [2.05, 4.69) is 10.3 Å². The first-order valence-electron chi connectivity index (χ1n) is 5.74. The quantitative estimate of drug-likeness (QED) is 0.785. The average molecular weight is 226 g/mol. The highest BCUT2D eigenvalue weighted by molar-refractivity contribution is 4.92. The Labute approximate surface area is 97.0 Å². The van der Waals surface area contributed by atoms with Gasteiger partial charge in [-0.3, -0.25) is 0 Å². The summed E-state index contributed by atoms with van der Waals surface area (Å²) in [6, 6.07) is 0. The van der Waals surface area contributed by atoms with Crippen molar-refractivity contribution < 1.29 is 4.74 Å². The molecule has 0 aliphatic heterocycles. The molecule has 0 saturated heterocycles. The van der Waals surface area contributed by atoms with E-state index in [9.17, 15) is 0 Å². The van der Waals surface area contributed by atoms with Gasteiger partial charge in [-0.25, -0.2) is 4.68 Å². The summed E-state index contributed by atoms with van der Waals surface area (Å²) in [6.45, 7) is 8.22. The topological polar surface area (TPSA) is 66.0 Å². The maximum atomic E-state index is 5.62. The van der Waals surface area contributed by atoms with Crippen LogP contribution in [0.25, 0.3) is 0 Å². The third kappa shape index (κ3) is 5.23. The van der Waals surface area contributed by atoms with Crippen molar-refractivity contribution in [1.82, 2.24) is 15.0 Å². The molecule has 1 aromatic rings. The zero-order valence-corrected chi connectivity index (χ0v) is 10.4. The highest BCUT2D eigenvalue weighted by Crippen LogP contribution is 2.06. The van der Waals surface area contributed by atoms with E-state index < -0.39 is 0 Å². The van der Waals surface area contributed by atoms with Gasteiger partial charge in [-0.1, -0.05) is 5.21 Å². The van der Waals surface area contributed by atoms with Gasteiger partial charge in [0.15, 0.2) is 0 Å². The van der Waals surface area contributed by atoms with Gasteiger partial charge in [0.2, 0.25) is 0 Å². The fraction of sp³-hybridized carbons (Fsp3) is 0.818. The molecule has 0 aromatic carbocycles. The lowest BCUT2D eigenvalue weighted by molar-refractivity contribution is -0.00805. The van der Waals surface area contributed by atoms with Crippen molar-refractivity contribution in [1.29, 1.82) is 0 Å². The highest BCUT2D eigenvalue weighted by atomic mass is 16.5. The molecule has 0 bridgehead atoms. The number of aryl methyl sites for hydroxylation is 1. The van der Waals surface area contributed by atoms with Crippen LogP contribution in [-0.4, -0.2) is 33.7 Å². The molecule has 0 fully saturated rings. The first-order chi connectivity index (χ1) is 7.51. The first kappa shape index (κ1) is 13.1. The van der Waals surface area contributed by atoms with Crippen molar-refractivity contribution >= 4 is 0 Å². The van der Waals surface area contributed by atoms with Gasteiger partial charge >= 0.3 is 0 Å². The molecule has 2 N–H and O–H groups in total. The number of aromatic nitrogens is 3. The van der Waals surface area contributed by atoms with Crippen LogP contribution in [0.5, 0.6) is 0 Å². The third-order valence-corrected chi connectivity index (χ3v) is 2.08. The molecule has 1 heterocycles. The lowest BCUT2D eigenvalue weighted by Gasteiger charge is -2.19. The maximum absolute atomic E-state index is 5.62. The van der Waals surface area contributed by atoms with Crippen molar-refractivity contribution in [3.63, 3.8) is 0 Å². The number of nitrogens with zero attached hydrogens (tertiary/aromatic N) is 3. The van der Waals surface area contributed by atoms with Crippen LogP contribution in [0.1, 0.15) is 32.9 Å². The summed E-state index contributed by atoms with van der Waals surface area (Å²) >= 11 is 0. The Morgan fingerprint density at radius 2 is 2.19 bits per heavy atom. The van der Waals surface area contributed by atoms with Crippen molar-refractivity contribution in [2.75, 3.05) is 13.2 Å². The van der Waals surface area contributed by atoms with Gasteiger partial charge < -0.3 is 10.5 Å². The van der Waals surface area contributed by atoms with Crippen LogP contribution < -0.4 is 5.73 Å². The van der Waals surface area contributed by atoms with E-state index in [1.54, 1.807) is 0 Å². The van der Waals surface area contributed by atoms with E-state index in [4.69, 9.17) is 10.5 Å². The molecule has 0 spiro atoms. The van der Waals surface area contributed by atoms with Crippen LogP contribution in [0, 0.1) is 0 Å². The molecule has 0 aliphatic carbocycles. The van der Waals surface area contributed by atoms with Crippen LogP contribution >= 0.6 is 0 Å². The van der Waals surface area contributed by atoms with Crippen LogP contribution in [0.4, 0.5) is 0 Å². The normalized spacial score (nSPS) is 12.0. The molecule has 0 unspecified atom stereocenters. The third-order valence-electron chi connectivity index (χ3n) is 2.08. The van der Waals surface area contributed by atoms with Gasteiger partial charge in [-0.15, -0.1) is 5.10 Å². The molecular weight excluding hydrogens is 204 g/mol. The minimum absolute atomic E-state index is 0.0943. The zero-order chi connectivity index (χ0) is 12.0. The summed E-state index contributed by atoms with van der Waals surface area (Å²) in [5, 5.41) is 8.11. The predicted molar refractivity (Wildman–Crippen MR) is 63.1 cm³/mol. The van der Waals surface area contributed by atoms with E-state index in [-0.39, 0.29) is 5.60 Å². The Bertz CT molecular complexity index is 303. The largest absolute Gasteiger partial charge is 0.374 e. The van der Waals surface area contributed by atoms with Crippen LogP contribution in [0.15, 0.2) is 6.20 Å². The minimum Gasteiger partial charge on any atom is -0.374 e. The van der Waals surface area contributed by atoms with Crippen molar-refractivity contribution in [3.8, 4) is 0 Å². The molecule has 5 nitrogen and oxygen atoms in total. The molecular formula is C11H22N4O. The van der Waals surface area contributed by atoms with E-state index in [1.165, 1.54) is 0 Å². The van der Waals surface area contributed by atoms with Gasteiger partial charge in [0.1, 0.15) is 0 Å². The number of hydrogen-bond acceptors (Lipinski definition) is 4. The van der Waals surface area contributed by atoms with Crippen molar-refractivity contribution in [3.05, 3.63) is 11.9 Å². The number of ether oxygens (including phenoxy) is 1. The second-order valence-corrected chi connectivity index (χ2v) is 4.83. The van der Waals surface area contributed by atoms with Crippen LogP contribution in [0.2, 0.25) is 0 Å². The van der Waals surface area contributed by atoms with Crippen LogP contribution in [0.3, 0.4) is 0 Å². The Morgan fingerprint density at radius 1 is 1.44 bits per heavy atom. The van der Waals surface area contributed by atoms with Gasteiger partial charge in [0.25, 0.3) is 0 Å². The number of rotatable bonds is 6. The van der Waals surface area contributed by atoms with Gasteiger partial charge in [0, 0.05) is 6.20 Å². The number of hydrogen-bond donors (Lipinski definition) is 1. The summed E-state index contributed by atoms with van der Waals surface area (Å²) in [5.41, 5.74) is 6.34. The summed E-state index contributed by atoms with van der Waals surface area (Å²) < 4.78 is 7.43. The summed E-state index contributed by atoms with van der Waals surface area (Å²) in [6.07, 6.45) is 3.81. The molecule has 0 saturated carbocycles. The highest BCUT2D eigenvalue weighted by Gasteiger charge is 2.09. The Balaban J connectivity index is 2.29. The molecule has 92 valence electrons. The van der Waals surface area contributed by atoms with E-state index >= 15 is 0 Å². The molecule has 1 aromatic heterocycles. The molecule has 5 heteroatoms. The zero-order valence-electron chi connectivity index (χ0n) is 10.4. The molecule has 0 atom stereocenters. The Hall–Kier alpha value is -0.940. The standard InChI is InChI=1S/C11H22N4O/c1-11(2,3)16-8-7-15-9-10(13-14-15)5-4-6-12/h9H,4-8,12H2,1-3H3. The SMILES string of the molecule is CC(C)(C)OCCn1cc(CCCN)nn1. The number of nitrogens with two attached hydrogens (primary N) is 1. The fourth-order valence-corrected chi connectivity index (χ4v) is 1.29. The summed E-state index contributed by atoms with van der Waals surface area (Å²) in [5.74, 6) is 0. The summed E-state index contributed by atoms with van der Waals surface area (Å²) in [4.78, 5) is 0. The smallest absolute Gasteiger partial charge is 0.0827 e. The van der Waals surface area contributed by atoms with Crippen molar-refractivity contribution in [2.45, 2.75) is 45.8 Å². The lowest BCUT2D eigenvalue weighted by Crippen LogP contribution is -2.22. The molecule has 16 heavy (non-hydrogen) atoms. The van der Waals surface area contributed by atoms with Gasteiger partial charge in [-0.2, -0.15) is 0 Å². The van der Waals surface area contributed by atoms with E-state index in [0.29, 0.717) is 13.2 Å². The van der Waals surface area contributed by atoms with E-state index in [1.807, 2.05) is 31.6 Å². The monoisotopic (exact) mass is 226 g/mol. The Morgan fingerprint density at radius 3 is 2.81 bits per heavy atom. The first-order valence-corrected chi connectivity index (χ1v) is 5.74. The molecule has 0 amide bonds. The second-order valence-electron chi connectivity index (χ2n) is 4.83. The second kappa shape index (κ2) is 5.96. The maximum Gasteiger partial charge on any atom is 0.0827 e. The fourth-order valence-electron chi connectivity index (χ4n) is 1.29.